The maximum atomic E-state index is 5.42. The fourth-order valence-corrected chi connectivity index (χ4v) is 2.35. The Morgan fingerprint density at radius 1 is 1.33 bits per heavy atom. The zero-order chi connectivity index (χ0) is 13.0. The summed E-state index contributed by atoms with van der Waals surface area (Å²) in [5, 5.41) is 3.66. The van der Waals surface area contributed by atoms with Crippen molar-refractivity contribution in [3.05, 3.63) is 29.3 Å². The van der Waals surface area contributed by atoms with Crippen molar-refractivity contribution >= 4 is 0 Å². The van der Waals surface area contributed by atoms with Crippen molar-refractivity contribution in [2.75, 3.05) is 20.3 Å². The number of aryl methyl sites for hydroxylation is 1. The predicted molar refractivity (Wildman–Crippen MR) is 73.0 cm³/mol. The Morgan fingerprint density at radius 3 is 2.72 bits per heavy atom. The van der Waals surface area contributed by atoms with Crippen LogP contribution in [0, 0.1) is 6.92 Å². The second-order valence-corrected chi connectivity index (χ2v) is 5.34. The largest absolute Gasteiger partial charge is 0.496 e. The van der Waals surface area contributed by atoms with Crippen molar-refractivity contribution in [3.63, 3.8) is 0 Å². The molecule has 1 fully saturated rings. The Labute approximate surface area is 109 Å². The van der Waals surface area contributed by atoms with Gasteiger partial charge in [-0.05, 0) is 32.8 Å². The molecule has 0 atom stereocenters. The normalized spacial score (nSPS) is 18.6. The number of methoxy groups -OCH3 is 1. The van der Waals surface area contributed by atoms with Gasteiger partial charge < -0.3 is 14.8 Å². The van der Waals surface area contributed by atoms with E-state index in [2.05, 4.69) is 31.3 Å². The van der Waals surface area contributed by atoms with Gasteiger partial charge in [-0.2, -0.15) is 0 Å². The minimum atomic E-state index is 0.188. The predicted octanol–water partition coefficient (Wildman–Crippen LogP) is 2.66. The zero-order valence-corrected chi connectivity index (χ0v) is 11.6. The van der Waals surface area contributed by atoms with Crippen molar-refractivity contribution in [1.29, 1.82) is 0 Å². The van der Waals surface area contributed by atoms with Crippen molar-refractivity contribution in [2.45, 2.75) is 38.8 Å². The van der Waals surface area contributed by atoms with Gasteiger partial charge in [-0.1, -0.05) is 17.7 Å². The summed E-state index contributed by atoms with van der Waals surface area (Å²) in [6.07, 6.45) is 2.14. The fourth-order valence-electron chi connectivity index (χ4n) is 2.35. The van der Waals surface area contributed by atoms with Gasteiger partial charge in [0.2, 0.25) is 0 Å². The smallest absolute Gasteiger partial charge is 0.123 e. The summed E-state index contributed by atoms with van der Waals surface area (Å²) in [5.41, 5.74) is 2.68. The number of benzene rings is 1. The third-order valence-electron chi connectivity index (χ3n) is 3.74. The van der Waals surface area contributed by atoms with Crippen LogP contribution >= 0.6 is 0 Å². The summed E-state index contributed by atoms with van der Waals surface area (Å²) in [6.45, 7) is 6.95. The van der Waals surface area contributed by atoms with Crippen LogP contribution < -0.4 is 10.1 Å². The van der Waals surface area contributed by atoms with Gasteiger partial charge in [0.15, 0.2) is 0 Å². The van der Waals surface area contributed by atoms with Crippen molar-refractivity contribution < 1.29 is 9.47 Å². The zero-order valence-electron chi connectivity index (χ0n) is 11.6. The summed E-state index contributed by atoms with van der Waals surface area (Å²) in [7, 11) is 1.73. The van der Waals surface area contributed by atoms with E-state index in [1.165, 1.54) is 11.1 Å². The average molecular weight is 249 g/mol. The highest BCUT2D eigenvalue weighted by Crippen LogP contribution is 2.23. The molecule has 0 saturated carbocycles. The molecule has 1 aliphatic heterocycles. The van der Waals surface area contributed by atoms with Crippen molar-refractivity contribution in [2.24, 2.45) is 0 Å². The molecule has 0 aromatic heterocycles. The molecule has 1 aromatic carbocycles. The molecule has 1 N–H and O–H groups in total. The highest BCUT2D eigenvalue weighted by molar-refractivity contribution is 5.36. The van der Waals surface area contributed by atoms with Crippen LogP contribution in [0.15, 0.2) is 18.2 Å². The van der Waals surface area contributed by atoms with Gasteiger partial charge in [0.25, 0.3) is 0 Å². The van der Waals surface area contributed by atoms with Crippen molar-refractivity contribution in [1.82, 2.24) is 5.32 Å². The molecule has 0 spiro atoms. The Morgan fingerprint density at radius 2 is 2.06 bits per heavy atom. The molecule has 2 rings (SSSR count). The molecule has 1 aliphatic rings. The van der Waals surface area contributed by atoms with Gasteiger partial charge in [-0.15, -0.1) is 0 Å². The highest BCUT2D eigenvalue weighted by Gasteiger charge is 2.26. The Hall–Kier alpha value is -1.06. The van der Waals surface area contributed by atoms with Gasteiger partial charge in [0.1, 0.15) is 5.75 Å². The van der Waals surface area contributed by atoms with Crippen LogP contribution in [0.25, 0.3) is 0 Å². The van der Waals surface area contributed by atoms with Gasteiger partial charge in [0.05, 0.1) is 7.11 Å². The number of ether oxygens (including phenoxy) is 2. The molecule has 1 saturated heterocycles. The fraction of sp³-hybridized carbons (Fsp3) is 0.600. The molecular weight excluding hydrogens is 226 g/mol. The van der Waals surface area contributed by atoms with Crippen LogP contribution in [-0.2, 0) is 11.3 Å². The van der Waals surface area contributed by atoms with E-state index in [1.54, 1.807) is 7.11 Å². The van der Waals surface area contributed by atoms with Gasteiger partial charge in [-0.25, -0.2) is 0 Å². The maximum Gasteiger partial charge on any atom is 0.123 e. The second kappa shape index (κ2) is 5.72. The van der Waals surface area contributed by atoms with E-state index in [0.29, 0.717) is 0 Å². The third-order valence-corrected chi connectivity index (χ3v) is 3.74. The molecule has 0 aliphatic carbocycles. The summed E-state index contributed by atoms with van der Waals surface area (Å²) in [5.74, 6) is 0.962. The molecule has 0 unspecified atom stereocenters. The molecule has 1 heterocycles. The first-order chi connectivity index (χ1) is 8.63. The molecule has 0 radical (unpaired) electrons. The molecule has 3 heteroatoms. The van der Waals surface area contributed by atoms with Crippen LogP contribution in [-0.4, -0.2) is 25.9 Å². The van der Waals surface area contributed by atoms with E-state index in [0.717, 1.165) is 38.3 Å². The monoisotopic (exact) mass is 249 g/mol. The van der Waals surface area contributed by atoms with Crippen LogP contribution in [0.3, 0.4) is 0 Å². The Kier molecular flexibility index (Phi) is 4.25. The SMILES string of the molecule is COc1ccc(C)cc1CNC1(C)CCOCC1. The molecule has 18 heavy (non-hydrogen) atoms. The van der Waals surface area contributed by atoms with Gasteiger partial charge in [0, 0.05) is 30.9 Å². The number of hydrogen-bond acceptors (Lipinski definition) is 3. The van der Waals surface area contributed by atoms with E-state index in [4.69, 9.17) is 9.47 Å². The van der Waals surface area contributed by atoms with E-state index in [-0.39, 0.29) is 5.54 Å². The highest BCUT2D eigenvalue weighted by atomic mass is 16.5. The summed E-state index contributed by atoms with van der Waals surface area (Å²) >= 11 is 0. The third kappa shape index (κ3) is 3.24. The quantitative estimate of drug-likeness (QED) is 0.890. The first-order valence-corrected chi connectivity index (χ1v) is 6.59. The summed E-state index contributed by atoms with van der Waals surface area (Å²) in [4.78, 5) is 0. The molecule has 0 bridgehead atoms. The van der Waals surface area contributed by atoms with Crippen molar-refractivity contribution in [3.8, 4) is 5.75 Å². The topological polar surface area (TPSA) is 30.5 Å². The lowest BCUT2D eigenvalue weighted by Crippen LogP contribution is -2.46. The summed E-state index contributed by atoms with van der Waals surface area (Å²) in [6, 6.07) is 6.31. The Balaban J connectivity index is 2.02. The van der Waals surface area contributed by atoms with E-state index >= 15 is 0 Å². The minimum absolute atomic E-state index is 0.188. The lowest BCUT2D eigenvalue weighted by Gasteiger charge is -2.35. The average Bonchev–Trinajstić information content (AvgIpc) is 2.38. The first-order valence-electron chi connectivity index (χ1n) is 6.59. The van der Waals surface area contributed by atoms with Crippen LogP contribution in [0.5, 0.6) is 5.75 Å². The van der Waals surface area contributed by atoms with Crippen LogP contribution in [0.2, 0.25) is 0 Å². The van der Waals surface area contributed by atoms with Crippen LogP contribution in [0.1, 0.15) is 30.9 Å². The van der Waals surface area contributed by atoms with Crippen LogP contribution in [0.4, 0.5) is 0 Å². The van der Waals surface area contributed by atoms with E-state index < -0.39 is 0 Å². The van der Waals surface area contributed by atoms with Gasteiger partial charge >= 0.3 is 0 Å². The molecule has 1 aromatic rings. The van der Waals surface area contributed by atoms with Gasteiger partial charge in [-0.3, -0.25) is 0 Å². The lowest BCUT2D eigenvalue weighted by atomic mass is 9.92. The minimum Gasteiger partial charge on any atom is -0.496 e. The maximum absolute atomic E-state index is 5.42. The molecule has 0 amide bonds. The first kappa shape index (κ1) is 13.4. The number of nitrogens with one attached hydrogen (secondary N) is 1. The van der Waals surface area contributed by atoms with E-state index in [9.17, 15) is 0 Å². The summed E-state index contributed by atoms with van der Waals surface area (Å²) < 4.78 is 10.8. The number of rotatable bonds is 4. The lowest BCUT2D eigenvalue weighted by molar-refractivity contribution is 0.0445. The van der Waals surface area contributed by atoms with E-state index in [1.807, 2.05) is 6.07 Å². The second-order valence-electron chi connectivity index (χ2n) is 5.34. The Bertz CT molecular complexity index is 397. The molecule has 3 nitrogen and oxygen atoms in total. The standard InChI is InChI=1S/C15H23NO2/c1-12-4-5-14(17-3)13(10-12)11-16-15(2)6-8-18-9-7-15/h4-5,10,16H,6-9,11H2,1-3H3. The molecule has 100 valence electrons. The number of hydrogen-bond donors (Lipinski definition) is 1. The molecular formula is C15H23NO2.